The highest BCUT2D eigenvalue weighted by molar-refractivity contribution is 6.25. The molecule has 0 aromatic rings. The molecular formula is C9H15Cl2N. The Labute approximate surface area is 84.3 Å². The van der Waals surface area contributed by atoms with Crippen LogP contribution in [0.2, 0.25) is 0 Å². The highest BCUT2D eigenvalue weighted by Gasteiger charge is 2.28. The molecule has 2 atom stereocenters. The Balaban J connectivity index is 2.42. The molecule has 0 aromatic carbocycles. The van der Waals surface area contributed by atoms with E-state index in [1.807, 2.05) is 6.08 Å². The standard InChI is InChI=1S/C9H15Cl2N/c1-8-3-6-12(5-2-4-10)9(8)7-11/h2,4,8-9H,3,5-7H2,1H3/b4-2+. The van der Waals surface area contributed by atoms with E-state index < -0.39 is 0 Å². The molecule has 1 rings (SSSR count). The Hall–Kier alpha value is 0.280. The Morgan fingerprint density at radius 3 is 2.92 bits per heavy atom. The molecule has 0 spiro atoms. The van der Waals surface area contributed by atoms with Gasteiger partial charge in [0.1, 0.15) is 0 Å². The lowest BCUT2D eigenvalue weighted by atomic mass is 10.1. The van der Waals surface area contributed by atoms with Crippen molar-refractivity contribution in [3.05, 3.63) is 11.6 Å². The van der Waals surface area contributed by atoms with Crippen molar-refractivity contribution in [1.29, 1.82) is 0 Å². The molecule has 1 aliphatic rings. The van der Waals surface area contributed by atoms with E-state index in [1.165, 1.54) is 6.42 Å². The van der Waals surface area contributed by atoms with Gasteiger partial charge in [0.2, 0.25) is 0 Å². The molecule has 0 bridgehead atoms. The van der Waals surface area contributed by atoms with E-state index in [0.29, 0.717) is 6.04 Å². The van der Waals surface area contributed by atoms with Crippen LogP contribution in [0.15, 0.2) is 11.6 Å². The van der Waals surface area contributed by atoms with Crippen molar-refractivity contribution in [1.82, 2.24) is 4.90 Å². The summed E-state index contributed by atoms with van der Waals surface area (Å²) in [4.78, 5) is 2.39. The van der Waals surface area contributed by atoms with Crippen LogP contribution >= 0.6 is 23.2 Å². The third-order valence-corrected chi connectivity index (χ3v) is 3.08. The number of hydrogen-bond donors (Lipinski definition) is 0. The highest BCUT2D eigenvalue weighted by Crippen LogP contribution is 2.24. The lowest BCUT2D eigenvalue weighted by Gasteiger charge is -2.23. The number of hydrogen-bond acceptors (Lipinski definition) is 1. The molecule has 3 heteroatoms. The summed E-state index contributed by atoms with van der Waals surface area (Å²) in [6.45, 7) is 4.35. The Morgan fingerprint density at radius 2 is 2.33 bits per heavy atom. The molecule has 0 radical (unpaired) electrons. The molecule has 0 saturated carbocycles. The zero-order chi connectivity index (χ0) is 8.97. The normalized spacial score (nSPS) is 31.9. The van der Waals surface area contributed by atoms with Crippen LogP contribution in [0.5, 0.6) is 0 Å². The molecule has 0 N–H and O–H groups in total. The molecule has 0 aliphatic carbocycles. The van der Waals surface area contributed by atoms with Gasteiger partial charge in [-0.1, -0.05) is 24.6 Å². The number of alkyl halides is 1. The molecule has 1 saturated heterocycles. The quantitative estimate of drug-likeness (QED) is 0.644. The lowest BCUT2D eigenvalue weighted by Crippen LogP contribution is -2.33. The van der Waals surface area contributed by atoms with Gasteiger partial charge in [0, 0.05) is 24.0 Å². The van der Waals surface area contributed by atoms with Gasteiger partial charge < -0.3 is 0 Å². The Kier molecular flexibility index (Phi) is 4.41. The average molecular weight is 208 g/mol. The SMILES string of the molecule is CC1CCN(C/C=C/Cl)C1CCl. The summed E-state index contributed by atoms with van der Waals surface area (Å²) in [5, 5.41) is 0. The maximum Gasteiger partial charge on any atom is 0.0382 e. The Bertz CT molecular complexity index is 159. The van der Waals surface area contributed by atoms with E-state index in [9.17, 15) is 0 Å². The molecule has 1 heterocycles. The minimum atomic E-state index is 0.541. The summed E-state index contributed by atoms with van der Waals surface area (Å²) in [7, 11) is 0. The third kappa shape index (κ3) is 2.38. The fraction of sp³-hybridized carbons (Fsp3) is 0.778. The second-order valence-electron chi connectivity index (χ2n) is 3.34. The van der Waals surface area contributed by atoms with E-state index in [2.05, 4.69) is 11.8 Å². The van der Waals surface area contributed by atoms with Gasteiger partial charge >= 0.3 is 0 Å². The van der Waals surface area contributed by atoms with E-state index >= 15 is 0 Å². The molecule has 2 unspecified atom stereocenters. The summed E-state index contributed by atoms with van der Waals surface area (Å²) in [5.41, 5.74) is 1.58. The van der Waals surface area contributed by atoms with Crippen molar-refractivity contribution in [3.63, 3.8) is 0 Å². The summed E-state index contributed by atoms with van der Waals surface area (Å²) < 4.78 is 0. The summed E-state index contributed by atoms with van der Waals surface area (Å²) in [5.74, 6) is 1.46. The molecule has 0 amide bonds. The first-order valence-corrected chi connectivity index (χ1v) is 5.32. The predicted molar refractivity (Wildman–Crippen MR) is 54.9 cm³/mol. The topological polar surface area (TPSA) is 3.24 Å². The molecule has 70 valence electrons. The van der Waals surface area contributed by atoms with Gasteiger partial charge in [-0.2, -0.15) is 0 Å². The van der Waals surface area contributed by atoms with Crippen molar-refractivity contribution in [3.8, 4) is 0 Å². The minimum absolute atomic E-state index is 0.541. The van der Waals surface area contributed by atoms with Crippen molar-refractivity contribution in [2.24, 2.45) is 5.92 Å². The zero-order valence-corrected chi connectivity index (χ0v) is 8.85. The van der Waals surface area contributed by atoms with Gasteiger partial charge in [-0.3, -0.25) is 4.90 Å². The highest BCUT2D eigenvalue weighted by atomic mass is 35.5. The summed E-state index contributed by atoms with van der Waals surface area (Å²) in [6.07, 6.45) is 3.23. The molecule has 1 aliphatic heterocycles. The van der Waals surface area contributed by atoms with Crippen LogP contribution < -0.4 is 0 Å². The number of rotatable bonds is 3. The van der Waals surface area contributed by atoms with Gasteiger partial charge in [0.15, 0.2) is 0 Å². The molecule has 12 heavy (non-hydrogen) atoms. The fourth-order valence-corrected chi connectivity index (χ4v) is 2.32. The van der Waals surface area contributed by atoms with Gasteiger partial charge in [-0.25, -0.2) is 0 Å². The van der Waals surface area contributed by atoms with Crippen LogP contribution in [0, 0.1) is 5.92 Å². The van der Waals surface area contributed by atoms with E-state index in [4.69, 9.17) is 23.2 Å². The van der Waals surface area contributed by atoms with Crippen LogP contribution in [-0.2, 0) is 0 Å². The van der Waals surface area contributed by atoms with E-state index in [-0.39, 0.29) is 0 Å². The first-order chi connectivity index (χ1) is 5.79. The minimum Gasteiger partial charge on any atom is -0.295 e. The van der Waals surface area contributed by atoms with Gasteiger partial charge in [-0.15, -0.1) is 11.6 Å². The van der Waals surface area contributed by atoms with E-state index in [0.717, 1.165) is 24.9 Å². The smallest absolute Gasteiger partial charge is 0.0382 e. The number of halogens is 2. The average Bonchev–Trinajstić information content (AvgIpc) is 2.43. The summed E-state index contributed by atoms with van der Waals surface area (Å²) >= 11 is 11.3. The number of likely N-dealkylation sites (tertiary alicyclic amines) is 1. The van der Waals surface area contributed by atoms with Crippen molar-refractivity contribution < 1.29 is 0 Å². The van der Waals surface area contributed by atoms with Crippen LogP contribution in [0.4, 0.5) is 0 Å². The van der Waals surface area contributed by atoms with Crippen molar-refractivity contribution in [2.75, 3.05) is 19.0 Å². The van der Waals surface area contributed by atoms with Crippen molar-refractivity contribution in [2.45, 2.75) is 19.4 Å². The maximum absolute atomic E-state index is 5.88. The lowest BCUT2D eigenvalue weighted by molar-refractivity contribution is 0.276. The second kappa shape index (κ2) is 5.11. The molecule has 1 fully saturated rings. The molecule has 1 nitrogen and oxygen atoms in total. The van der Waals surface area contributed by atoms with Crippen LogP contribution in [0.3, 0.4) is 0 Å². The third-order valence-electron chi connectivity index (χ3n) is 2.58. The van der Waals surface area contributed by atoms with Gasteiger partial charge in [0.05, 0.1) is 0 Å². The monoisotopic (exact) mass is 207 g/mol. The van der Waals surface area contributed by atoms with Crippen LogP contribution in [-0.4, -0.2) is 29.9 Å². The maximum atomic E-state index is 5.88. The van der Waals surface area contributed by atoms with Crippen molar-refractivity contribution >= 4 is 23.2 Å². The zero-order valence-electron chi connectivity index (χ0n) is 7.34. The predicted octanol–water partition coefficient (Wildman–Crippen LogP) is 2.69. The molecule has 0 aromatic heterocycles. The largest absolute Gasteiger partial charge is 0.295 e. The Morgan fingerprint density at radius 1 is 1.58 bits per heavy atom. The first kappa shape index (κ1) is 10.4. The van der Waals surface area contributed by atoms with E-state index in [1.54, 1.807) is 5.54 Å². The van der Waals surface area contributed by atoms with Gasteiger partial charge in [-0.05, 0) is 18.9 Å². The second-order valence-corrected chi connectivity index (χ2v) is 3.90. The van der Waals surface area contributed by atoms with Crippen LogP contribution in [0.25, 0.3) is 0 Å². The summed E-state index contributed by atoms with van der Waals surface area (Å²) in [6, 6.07) is 0.541. The molecular weight excluding hydrogens is 193 g/mol. The number of nitrogens with zero attached hydrogens (tertiary/aromatic N) is 1. The van der Waals surface area contributed by atoms with Gasteiger partial charge in [0.25, 0.3) is 0 Å². The van der Waals surface area contributed by atoms with Crippen LogP contribution in [0.1, 0.15) is 13.3 Å². The first-order valence-electron chi connectivity index (χ1n) is 4.34. The fourth-order valence-electron chi connectivity index (χ4n) is 1.74.